The Hall–Kier alpha value is -2.09. The van der Waals surface area contributed by atoms with E-state index in [-0.39, 0.29) is 17.7 Å². The lowest BCUT2D eigenvalue weighted by molar-refractivity contribution is -0.119. The first-order valence-electron chi connectivity index (χ1n) is 6.39. The van der Waals surface area contributed by atoms with Gasteiger partial charge in [-0.3, -0.25) is 4.79 Å². The summed E-state index contributed by atoms with van der Waals surface area (Å²) in [5, 5.41) is 14.6. The molecule has 2 rings (SSSR count). The van der Waals surface area contributed by atoms with Crippen molar-refractivity contribution in [2.24, 2.45) is 7.05 Å². The second-order valence-corrected chi connectivity index (χ2v) is 5.35. The van der Waals surface area contributed by atoms with Crippen molar-refractivity contribution in [3.05, 3.63) is 29.8 Å². The maximum absolute atomic E-state index is 12.0. The number of aromatic nitrogens is 4. The Balaban J connectivity index is 1.91. The molecule has 1 atom stereocenters. The fourth-order valence-corrected chi connectivity index (χ4v) is 2.52. The van der Waals surface area contributed by atoms with Crippen LogP contribution in [0.2, 0.25) is 0 Å². The molecule has 1 unspecified atom stereocenters. The van der Waals surface area contributed by atoms with E-state index in [1.165, 1.54) is 16.4 Å². The molecule has 21 heavy (non-hydrogen) atoms. The quantitative estimate of drug-likeness (QED) is 0.807. The summed E-state index contributed by atoms with van der Waals surface area (Å²) in [6.45, 7) is 1.92. The Kier molecular flexibility index (Phi) is 5.15. The van der Waals surface area contributed by atoms with Gasteiger partial charge in [-0.15, -0.1) is 5.10 Å². The number of methoxy groups -OCH3 is 1. The standard InChI is InChI=1S/C13H17N5O2S/c1-9(10-6-4-5-7-11(10)20-3)14-12(19)8-21-13-15-16-17-18(13)2/h4-7,9H,8H2,1-3H3,(H,14,19). The van der Waals surface area contributed by atoms with Gasteiger partial charge in [0, 0.05) is 12.6 Å². The molecular formula is C13H17N5O2S. The minimum Gasteiger partial charge on any atom is -0.496 e. The number of aryl methyl sites for hydroxylation is 1. The van der Waals surface area contributed by atoms with Crippen LogP contribution >= 0.6 is 11.8 Å². The van der Waals surface area contributed by atoms with Crippen LogP contribution < -0.4 is 10.1 Å². The molecule has 0 saturated carbocycles. The Morgan fingerprint density at radius 3 is 2.90 bits per heavy atom. The number of ether oxygens (including phenoxy) is 1. The predicted molar refractivity (Wildman–Crippen MR) is 79.1 cm³/mol. The molecule has 2 aromatic rings. The molecule has 1 aromatic carbocycles. The summed E-state index contributed by atoms with van der Waals surface area (Å²) < 4.78 is 6.83. The number of hydrogen-bond donors (Lipinski definition) is 1. The van der Waals surface area contributed by atoms with Gasteiger partial charge in [0.1, 0.15) is 5.75 Å². The summed E-state index contributed by atoms with van der Waals surface area (Å²) in [5.74, 6) is 0.935. The molecule has 112 valence electrons. The second-order valence-electron chi connectivity index (χ2n) is 4.40. The van der Waals surface area contributed by atoms with Gasteiger partial charge in [0.05, 0.1) is 18.9 Å². The highest BCUT2D eigenvalue weighted by Crippen LogP contribution is 2.24. The van der Waals surface area contributed by atoms with Crippen LogP contribution in [-0.4, -0.2) is 39.0 Å². The summed E-state index contributed by atoms with van der Waals surface area (Å²) in [6.07, 6.45) is 0. The van der Waals surface area contributed by atoms with Gasteiger partial charge in [0.25, 0.3) is 0 Å². The van der Waals surface area contributed by atoms with Crippen LogP contribution in [-0.2, 0) is 11.8 Å². The van der Waals surface area contributed by atoms with Crippen molar-refractivity contribution in [3.63, 3.8) is 0 Å². The first-order valence-corrected chi connectivity index (χ1v) is 7.37. The van der Waals surface area contributed by atoms with Gasteiger partial charge in [0.2, 0.25) is 11.1 Å². The number of rotatable bonds is 6. The van der Waals surface area contributed by atoms with Gasteiger partial charge in [-0.25, -0.2) is 4.68 Å². The van der Waals surface area contributed by atoms with Crippen molar-refractivity contribution in [2.75, 3.05) is 12.9 Å². The third kappa shape index (κ3) is 3.94. The maximum atomic E-state index is 12.0. The van der Waals surface area contributed by atoms with Gasteiger partial charge >= 0.3 is 0 Å². The fraction of sp³-hybridized carbons (Fsp3) is 0.385. The van der Waals surface area contributed by atoms with E-state index in [1.807, 2.05) is 31.2 Å². The number of benzene rings is 1. The molecule has 0 aliphatic rings. The zero-order valence-electron chi connectivity index (χ0n) is 12.1. The minimum atomic E-state index is -0.133. The van der Waals surface area contributed by atoms with Crippen LogP contribution in [0, 0.1) is 0 Å². The highest BCUT2D eigenvalue weighted by Gasteiger charge is 2.14. The molecule has 1 heterocycles. The smallest absolute Gasteiger partial charge is 0.230 e. The van der Waals surface area contributed by atoms with Crippen molar-refractivity contribution in [1.29, 1.82) is 0 Å². The van der Waals surface area contributed by atoms with Crippen molar-refractivity contribution >= 4 is 17.7 Å². The molecule has 8 heteroatoms. The van der Waals surface area contributed by atoms with Gasteiger partial charge in [-0.05, 0) is 23.4 Å². The first kappa shape index (κ1) is 15.3. The lowest BCUT2D eigenvalue weighted by Gasteiger charge is -2.17. The van der Waals surface area contributed by atoms with Crippen molar-refractivity contribution in [1.82, 2.24) is 25.5 Å². The van der Waals surface area contributed by atoms with E-state index in [1.54, 1.807) is 14.2 Å². The third-order valence-electron chi connectivity index (χ3n) is 2.90. The SMILES string of the molecule is COc1ccccc1C(C)NC(=O)CSc1nnnn1C. The highest BCUT2D eigenvalue weighted by atomic mass is 32.2. The number of carbonyl (C=O) groups excluding carboxylic acids is 1. The molecule has 1 aromatic heterocycles. The normalized spacial score (nSPS) is 12.0. The number of tetrazole rings is 1. The third-order valence-corrected chi connectivity index (χ3v) is 3.91. The monoisotopic (exact) mass is 307 g/mol. The van der Waals surface area contributed by atoms with Crippen LogP contribution in [0.3, 0.4) is 0 Å². The highest BCUT2D eigenvalue weighted by molar-refractivity contribution is 7.99. The van der Waals surface area contributed by atoms with Crippen molar-refractivity contribution in [3.8, 4) is 5.75 Å². The molecule has 0 spiro atoms. The predicted octanol–water partition coefficient (Wildman–Crippen LogP) is 1.19. The number of para-hydroxylation sites is 1. The van der Waals surface area contributed by atoms with E-state index < -0.39 is 0 Å². The minimum absolute atomic E-state index is 0.0820. The zero-order chi connectivity index (χ0) is 15.2. The van der Waals surface area contributed by atoms with E-state index in [2.05, 4.69) is 20.8 Å². The first-order chi connectivity index (χ1) is 10.1. The summed E-state index contributed by atoms with van der Waals surface area (Å²) in [5.41, 5.74) is 0.943. The van der Waals surface area contributed by atoms with Crippen LogP contribution in [0.5, 0.6) is 5.75 Å². The Labute approximate surface area is 127 Å². The molecule has 1 N–H and O–H groups in total. The number of hydrogen-bond acceptors (Lipinski definition) is 6. The largest absolute Gasteiger partial charge is 0.496 e. The van der Waals surface area contributed by atoms with Crippen LogP contribution in [0.1, 0.15) is 18.5 Å². The van der Waals surface area contributed by atoms with Gasteiger partial charge < -0.3 is 10.1 Å². The van der Waals surface area contributed by atoms with Crippen molar-refractivity contribution in [2.45, 2.75) is 18.1 Å². The van der Waals surface area contributed by atoms with Crippen LogP contribution in [0.4, 0.5) is 0 Å². The Bertz CT molecular complexity index is 616. The average molecular weight is 307 g/mol. The van der Waals surface area contributed by atoms with Crippen LogP contribution in [0.15, 0.2) is 29.4 Å². The molecule has 0 bridgehead atoms. The molecule has 1 amide bonds. The van der Waals surface area contributed by atoms with E-state index in [0.717, 1.165) is 11.3 Å². The summed E-state index contributed by atoms with van der Waals surface area (Å²) >= 11 is 1.29. The number of carbonyl (C=O) groups is 1. The molecular weight excluding hydrogens is 290 g/mol. The lowest BCUT2D eigenvalue weighted by atomic mass is 10.1. The van der Waals surface area contributed by atoms with Gasteiger partial charge in [-0.2, -0.15) is 0 Å². The summed E-state index contributed by atoms with van der Waals surface area (Å²) in [7, 11) is 3.35. The number of nitrogens with zero attached hydrogens (tertiary/aromatic N) is 4. The average Bonchev–Trinajstić information content (AvgIpc) is 2.90. The van der Waals surface area contributed by atoms with Gasteiger partial charge in [-0.1, -0.05) is 30.0 Å². The Morgan fingerprint density at radius 1 is 1.48 bits per heavy atom. The summed E-state index contributed by atoms with van der Waals surface area (Å²) in [6, 6.07) is 7.49. The van der Waals surface area contributed by atoms with Crippen molar-refractivity contribution < 1.29 is 9.53 Å². The molecule has 7 nitrogen and oxygen atoms in total. The molecule has 0 aliphatic heterocycles. The second kappa shape index (κ2) is 7.07. The molecule has 0 saturated heterocycles. The lowest BCUT2D eigenvalue weighted by Crippen LogP contribution is -2.28. The number of thioether (sulfide) groups is 1. The molecule has 0 radical (unpaired) electrons. The van der Waals surface area contributed by atoms with E-state index in [4.69, 9.17) is 4.74 Å². The topological polar surface area (TPSA) is 81.9 Å². The van der Waals surface area contributed by atoms with Gasteiger partial charge in [0.15, 0.2) is 0 Å². The number of amides is 1. The maximum Gasteiger partial charge on any atom is 0.230 e. The zero-order valence-corrected chi connectivity index (χ0v) is 12.9. The molecule has 0 aliphatic carbocycles. The Morgan fingerprint density at radius 2 is 2.24 bits per heavy atom. The number of nitrogens with one attached hydrogen (secondary N) is 1. The van der Waals surface area contributed by atoms with E-state index in [0.29, 0.717) is 5.16 Å². The molecule has 0 fully saturated rings. The fourth-order valence-electron chi connectivity index (χ4n) is 1.86. The summed E-state index contributed by atoms with van der Waals surface area (Å²) in [4.78, 5) is 12.0. The van der Waals surface area contributed by atoms with Crippen LogP contribution in [0.25, 0.3) is 0 Å². The van der Waals surface area contributed by atoms with E-state index in [9.17, 15) is 4.79 Å². The van der Waals surface area contributed by atoms with E-state index >= 15 is 0 Å².